The first-order valence-electron chi connectivity index (χ1n) is 4.53. The highest BCUT2D eigenvalue weighted by atomic mass is 32.2. The zero-order valence-corrected chi connectivity index (χ0v) is 9.88. The number of rotatable bonds is 3. The van der Waals surface area contributed by atoms with Gasteiger partial charge in [0.05, 0.1) is 5.75 Å². The second-order valence-electron chi connectivity index (χ2n) is 3.13. The Labute approximate surface area is 99.4 Å². The number of aromatic nitrogens is 1. The summed E-state index contributed by atoms with van der Waals surface area (Å²) in [5.41, 5.74) is 7.36. The number of hydrogen-bond acceptors (Lipinski definition) is 5. The first-order valence-corrected chi connectivity index (χ1v) is 6.59. The van der Waals surface area contributed by atoms with E-state index in [1.807, 2.05) is 30.3 Å². The molecule has 6 heteroatoms. The first-order chi connectivity index (χ1) is 7.66. The van der Waals surface area contributed by atoms with Crippen LogP contribution >= 0.6 is 11.3 Å². The molecule has 2 aromatic rings. The summed E-state index contributed by atoms with van der Waals surface area (Å²) in [6.07, 6.45) is 0. The smallest absolute Gasteiger partial charge is 0.114 e. The van der Waals surface area contributed by atoms with Crippen molar-refractivity contribution in [2.24, 2.45) is 0 Å². The third kappa shape index (κ3) is 2.46. The van der Waals surface area contributed by atoms with Crippen molar-refractivity contribution in [2.45, 2.75) is 5.75 Å². The van der Waals surface area contributed by atoms with Crippen LogP contribution in [-0.2, 0) is 16.8 Å². The third-order valence-electron chi connectivity index (χ3n) is 1.99. The van der Waals surface area contributed by atoms with Gasteiger partial charge in [0.2, 0.25) is 0 Å². The fraction of sp³-hybridized carbons (Fsp3) is 0.100. The van der Waals surface area contributed by atoms with Gasteiger partial charge in [-0.3, -0.25) is 4.21 Å². The summed E-state index contributed by atoms with van der Waals surface area (Å²) in [6, 6.07) is 9.46. The minimum absolute atomic E-state index is 0.0816. The van der Waals surface area contributed by atoms with Gasteiger partial charge in [0.25, 0.3) is 0 Å². The molecule has 0 saturated heterocycles. The quantitative estimate of drug-likeness (QED) is 0.845. The lowest BCUT2D eigenvalue weighted by atomic mass is 10.2. The molecule has 0 radical (unpaired) electrons. The predicted molar refractivity (Wildman–Crippen MR) is 64.6 cm³/mol. The van der Waals surface area contributed by atoms with Gasteiger partial charge in [0, 0.05) is 5.56 Å². The van der Waals surface area contributed by atoms with Crippen molar-refractivity contribution >= 4 is 27.4 Å². The number of nitrogens with zero attached hydrogens (tertiary/aromatic N) is 1. The molecular weight excluding hydrogens is 244 g/mol. The number of benzene rings is 1. The largest absolute Gasteiger partial charge is 0.772 e. The first kappa shape index (κ1) is 11.3. The number of anilines is 1. The molecule has 16 heavy (non-hydrogen) atoms. The maximum Gasteiger partial charge on any atom is 0.114 e. The highest BCUT2D eigenvalue weighted by molar-refractivity contribution is 7.78. The molecule has 1 unspecified atom stereocenters. The Morgan fingerprint density at radius 2 is 2.06 bits per heavy atom. The fourth-order valence-corrected chi connectivity index (χ4v) is 2.78. The molecule has 1 atom stereocenters. The minimum atomic E-state index is -2.13. The molecule has 2 N–H and O–H groups in total. The van der Waals surface area contributed by atoms with Crippen molar-refractivity contribution in [3.8, 4) is 11.3 Å². The SMILES string of the molecule is Nc1sc(CS(=O)[O-])nc1-c1ccccc1. The van der Waals surface area contributed by atoms with Gasteiger partial charge in [-0.2, -0.15) is 0 Å². The van der Waals surface area contributed by atoms with Crippen molar-refractivity contribution in [2.75, 3.05) is 5.73 Å². The zero-order valence-electron chi connectivity index (χ0n) is 8.25. The monoisotopic (exact) mass is 253 g/mol. The van der Waals surface area contributed by atoms with Crippen LogP contribution in [0.1, 0.15) is 5.01 Å². The van der Waals surface area contributed by atoms with Crippen molar-refractivity contribution in [1.82, 2.24) is 4.98 Å². The molecular formula is C10H9N2O2S2-. The van der Waals surface area contributed by atoms with Crippen molar-refractivity contribution in [1.29, 1.82) is 0 Å². The summed E-state index contributed by atoms with van der Waals surface area (Å²) >= 11 is -0.914. The predicted octanol–water partition coefficient (Wildman–Crippen LogP) is 1.77. The van der Waals surface area contributed by atoms with Crippen molar-refractivity contribution < 1.29 is 8.76 Å². The molecule has 0 amide bonds. The standard InChI is InChI=1S/C10H10N2O2S2/c11-10-9(7-4-2-1-3-5-7)12-8(15-10)6-16(13)14/h1-5H,6,11H2,(H,13,14)/p-1. The van der Waals surface area contributed by atoms with Gasteiger partial charge in [-0.15, -0.1) is 11.3 Å². The Bertz CT molecular complexity index is 511. The normalized spacial score (nSPS) is 12.6. The van der Waals surface area contributed by atoms with E-state index in [1.54, 1.807) is 0 Å². The Kier molecular flexibility index (Phi) is 3.33. The number of nitrogens with two attached hydrogens (primary N) is 1. The van der Waals surface area contributed by atoms with E-state index in [2.05, 4.69) is 4.98 Å². The highest BCUT2D eigenvalue weighted by Gasteiger charge is 2.09. The summed E-state index contributed by atoms with van der Waals surface area (Å²) < 4.78 is 21.1. The topological polar surface area (TPSA) is 79.0 Å². The van der Waals surface area contributed by atoms with E-state index in [4.69, 9.17) is 5.73 Å². The fourth-order valence-electron chi connectivity index (χ4n) is 1.34. The van der Waals surface area contributed by atoms with Gasteiger partial charge in [-0.1, -0.05) is 30.3 Å². The van der Waals surface area contributed by atoms with E-state index in [0.717, 1.165) is 5.56 Å². The van der Waals surface area contributed by atoms with Gasteiger partial charge in [0.15, 0.2) is 0 Å². The van der Waals surface area contributed by atoms with E-state index in [1.165, 1.54) is 11.3 Å². The summed E-state index contributed by atoms with van der Waals surface area (Å²) in [5, 5.41) is 1.07. The van der Waals surface area contributed by atoms with Crippen LogP contribution in [0.25, 0.3) is 11.3 Å². The average molecular weight is 253 g/mol. The van der Waals surface area contributed by atoms with Gasteiger partial charge in [0.1, 0.15) is 15.7 Å². The maximum absolute atomic E-state index is 10.6. The van der Waals surface area contributed by atoms with Gasteiger partial charge >= 0.3 is 0 Å². The molecule has 1 aromatic heterocycles. The second kappa shape index (κ2) is 4.73. The van der Waals surface area contributed by atoms with E-state index in [9.17, 15) is 8.76 Å². The number of nitrogen functional groups attached to an aromatic ring is 1. The third-order valence-corrected chi connectivity index (χ3v) is 3.56. The molecule has 1 aromatic carbocycles. The van der Waals surface area contributed by atoms with Crippen LogP contribution in [0.5, 0.6) is 0 Å². The average Bonchev–Trinajstić information content (AvgIpc) is 2.60. The lowest BCUT2D eigenvalue weighted by Gasteiger charge is -1.99. The Balaban J connectivity index is 2.36. The van der Waals surface area contributed by atoms with Crippen LogP contribution in [0.15, 0.2) is 30.3 Å². The van der Waals surface area contributed by atoms with Crippen LogP contribution in [0.4, 0.5) is 5.00 Å². The lowest BCUT2D eigenvalue weighted by Crippen LogP contribution is -1.92. The van der Waals surface area contributed by atoms with Crippen LogP contribution in [0.3, 0.4) is 0 Å². The van der Waals surface area contributed by atoms with E-state index < -0.39 is 11.1 Å². The molecule has 0 aliphatic heterocycles. The van der Waals surface area contributed by atoms with Crippen LogP contribution in [0, 0.1) is 0 Å². The Morgan fingerprint density at radius 3 is 2.69 bits per heavy atom. The molecule has 0 bridgehead atoms. The lowest BCUT2D eigenvalue weighted by molar-refractivity contribution is 0.536. The van der Waals surface area contributed by atoms with E-state index in [0.29, 0.717) is 15.7 Å². The summed E-state index contributed by atoms with van der Waals surface area (Å²) in [4.78, 5) is 4.22. The van der Waals surface area contributed by atoms with Gasteiger partial charge in [-0.25, -0.2) is 4.98 Å². The summed E-state index contributed by atoms with van der Waals surface area (Å²) in [7, 11) is 0. The molecule has 2 rings (SSSR count). The number of hydrogen-bond donors (Lipinski definition) is 1. The Hall–Kier alpha value is -1.24. The van der Waals surface area contributed by atoms with Crippen molar-refractivity contribution in [3.63, 3.8) is 0 Å². The zero-order chi connectivity index (χ0) is 11.5. The summed E-state index contributed by atoms with van der Waals surface area (Å²) in [5.74, 6) is -0.0816. The van der Waals surface area contributed by atoms with Crippen LogP contribution in [-0.4, -0.2) is 13.7 Å². The van der Waals surface area contributed by atoms with Gasteiger partial charge < -0.3 is 10.3 Å². The molecule has 4 nitrogen and oxygen atoms in total. The maximum atomic E-state index is 10.6. The highest BCUT2D eigenvalue weighted by Crippen LogP contribution is 2.30. The minimum Gasteiger partial charge on any atom is -0.772 e. The molecule has 0 aliphatic rings. The molecule has 84 valence electrons. The van der Waals surface area contributed by atoms with Crippen LogP contribution < -0.4 is 5.73 Å². The number of thiazole rings is 1. The van der Waals surface area contributed by atoms with Gasteiger partial charge in [-0.05, 0) is 11.1 Å². The van der Waals surface area contributed by atoms with E-state index in [-0.39, 0.29) is 5.75 Å². The molecule has 1 heterocycles. The van der Waals surface area contributed by atoms with Crippen molar-refractivity contribution in [3.05, 3.63) is 35.3 Å². The molecule has 0 spiro atoms. The van der Waals surface area contributed by atoms with E-state index >= 15 is 0 Å². The second-order valence-corrected chi connectivity index (χ2v) is 5.15. The molecule has 0 saturated carbocycles. The van der Waals surface area contributed by atoms with Crippen LogP contribution in [0.2, 0.25) is 0 Å². The molecule has 0 aliphatic carbocycles. The molecule has 0 fully saturated rings. The Morgan fingerprint density at radius 1 is 1.38 bits per heavy atom. The summed E-state index contributed by atoms with van der Waals surface area (Å²) in [6.45, 7) is 0.